The molecule has 0 atom stereocenters. The maximum atomic E-state index is 13.0. The number of anilines is 2. The number of hydrogen-bond donors (Lipinski definition) is 1. The standard InChI is InChI=1S/C20H18F2N6O4S/c1-11-13-10-25-17(26-18-19(31-2)24-7-6-23-18)9-14(13)28(27-11)15-8-12(33(3,29)30)4-5-16(15)32-20(21)22/h4-10,20H,1-3H3,(H,23,25,26). The van der Waals surface area contributed by atoms with Crippen LogP contribution in [0.3, 0.4) is 0 Å². The van der Waals surface area contributed by atoms with E-state index in [2.05, 4.69) is 30.1 Å². The number of ether oxygens (including phenoxy) is 2. The summed E-state index contributed by atoms with van der Waals surface area (Å²) in [5.41, 5.74) is 1.05. The Kier molecular flexibility index (Phi) is 5.80. The van der Waals surface area contributed by atoms with E-state index in [0.29, 0.717) is 28.2 Å². The van der Waals surface area contributed by atoms with Gasteiger partial charge in [0.25, 0.3) is 5.88 Å². The Morgan fingerprint density at radius 3 is 2.58 bits per heavy atom. The number of pyridine rings is 1. The molecule has 33 heavy (non-hydrogen) atoms. The lowest BCUT2D eigenvalue weighted by Crippen LogP contribution is -2.09. The molecule has 0 aliphatic heterocycles. The third-order valence-corrected chi connectivity index (χ3v) is 5.77. The van der Waals surface area contributed by atoms with Crippen molar-refractivity contribution in [3.8, 4) is 17.3 Å². The molecule has 0 aliphatic carbocycles. The van der Waals surface area contributed by atoms with E-state index in [1.54, 1.807) is 19.2 Å². The Labute approximate surface area is 187 Å². The fraction of sp³-hybridized carbons (Fsp3) is 0.200. The van der Waals surface area contributed by atoms with Crippen LogP contribution in [0.1, 0.15) is 5.69 Å². The van der Waals surface area contributed by atoms with E-state index < -0.39 is 16.4 Å². The molecule has 13 heteroatoms. The molecule has 10 nitrogen and oxygen atoms in total. The van der Waals surface area contributed by atoms with Gasteiger partial charge in [0.2, 0.25) is 0 Å². The van der Waals surface area contributed by atoms with Crippen molar-refractivity contribution < 1.29 is 26.7 Å². The predicted molar refractivity (Wildman–Crippen MR) is 115 cm³/mol. The second kappa shape index (κ2) is 8.58. The first-order chi connectivity index (χ1) is 15.7. The predicted octanol–water partition coefficient (Wildman–Crippen LogP) is 3.28. The molecular weight excluding hydrogens is 458 g/mol. The SMILES string of the molecule is COc1nccnc1Nc1cc2c(cn1)c(C)nn2-c1cc(S(C)(=O)=O)ccc1OC(F)F. The van der Waals surface area contributed by atoms with Crippen molar-refractivity contribution in [2.24, 2.45) is 0 Å². The second-order valence-electron chi connectivity index (χ2n) is 6.90. The Hall–Kier alpha value is -3.87. The normalized spacial score (nSPS) is 11.7. The molecular formula is C20H18F2N6O4S. The fourth-order valence-corrected chi connectivity index (χ4v) is 3.82. The minimum atomic E-state index is -3.62. The van der Waals surface area contributed by atoms with Gasteiger partial charge in [0.15, 0.2) is 21.4 Å². The zero-order chi connectivity index (χ0) is 23.8. The van der Waals surface area contributed by atoms with Crippen LogP contribution >= 0.6 is 0 Å². The number of benzene rings is 1. The lowest BCUT2D eigenvalue weighted by atomic mass is 10.2. The van der Waals surface area contributed by atoms with Gasteiger partial charge in [-0.1, -0.05) is 0 Å². The lowest BCUT2D eigenvalue weighted by molar-refractivity contribution is -0.0499. The summed E-state index contributed by atoms with van der Waals surface area (Å²) in [6.45, 7) is -1.40. The van der Waals surface area contributed by atoms with Gasteiger partial charge >= 0.3 is 6.61 Å². The number of methoxy groups -OCH3 is 1. The number of alkyl halides is 2. The van der Waals surface area contributed by atoms with Crippen LogP contribution < -0.4 is 14.8 Å². The van der Waals surface area contributed by atoms with E-state index in [1.165, 1.54) is 42.4 Å². The molecule has 3 heterocycles. The summed E-state index contributed by atoms with van der Waals surface area (Å²) < 4.78 is 61.3. The average Bonchev–Trinajstić information content (AvgIpc) is 3.09. The van der Waals surface area contributed by atoms with Crippen LogP contribution in [0.25, 0.3) is 16.6 Å². The fourth-order valence-electron chi connectivity index (χ4n) is 3.18. The van der Waals surface area contributed by atoms with Gasteiger partial charge in [-0.05, 0) is 25.1 Å². The molecule has 0 amide bonds. The van der Waals surface area contributed by atoms with Crippen LogP contribution in [0.5, 0.6) is 11.6 Å². The molecule has 1 aromatic carbocycles. The number of fused-ring (bicyclic) bond motifs is 1. The Bertz CT molecular complexity index is 1440. The largest absolute Gasteiger partial charge is 0.478 e. The minimum Gasteiger partial charge on any atom is -0.478 e. The van der Waals surface area contributed by atoms with Gasteiger partial charge in [0.05, 0.1) is 23.2 Å². The van der Waals surface area contributed by atoms with Crippen molar-refractivity contribution in [3.63, 3.8) is 0 Å². The number of nitrogens with zero attached hydrogens (tertiary/aromatic N) is 5. The van der Waals surface area contributed by atoms with Gasteiger partial charge in [-0.2, -0.15) is 13.9 Å². The van der Waals surface area contributed by atoms with Crippen molar-refractivity contribution >= 4 is 32.4 Å². The molecule has 3 aromatic heterocycles. The van der Waals surface area contributed by atoms with E-state index in [-0.39, 0.29) is 22.2 Å². The van der Waals surface area contributed by atoms with Crippen LogP contribution in [-0.2, 0) is 9.84 Å². The molecule has 4 aromatic rings. The van der Waals surface area contributed by atoms with E-state index in [9.17, 15) is 17.2 Å². The van der Waals surface area contributed by atoms with Crippen molar-refractivity contribution in [1.82, 2.24) is 24.7 Å². The first kappa shape index (κ1) is 22.3. The van der Waals surface area contributed by atoms with E-state index in [4.69, 9.17) is 4.74 Å². The number of rotatable bonds is 7. The average molecular weight is 476 g/mol. The van der Waals surface area contributed by atoms with Gasteiger partial charge in [-0.15, -0.1) is 0 Å². The minimum absolute atomic E-state index is 0.0329. The smallest absolute Gasteiger partial charge is 0.387 e. The number of aryl methyl sites for hydroxylation is 1. The molecule has 1 N–H and O–H groups in total. The highest BCUT2D eigenvalue weighted by Gasteiger charge is 2.20. The summed E-state index contributed by atoms with van der Waals surface area (Å²) in [6.07, 6.45) is 5.51. The number of sulfone groups is 1. The third kappa shape index (κ3) is 4.53. The molecule has 0 radical (unpaired) electrons. The zero-order valence-corrected chi connectivity index (χ0v) is 18.5. The van der Waals surface area contributed by atoms with Gasteiger partial charge < -0.3 is 14.8 Å². The highest BCUT2D eigenvalue weighted by Crippen LogP contribution is 2.32. The molecule has 0 bridgehead atoms. The van der Waals surface area contributed by atoms with E-state index in [1.807, 2.05) is 0 Å². The summed E-state index contributed by atoms with van der Waals surface area (Å²) in [5, 5.41) is 8.02. The van der Waals surface area contributed by atoms with Crippen LogP contribution in [0.15, 0.2) is 47.8 Å². The lowest BCUT2D eigenvalue weighted by Gasteiger charge is -2.13. The maximum absolute atomic E-state index is 13.0. The number of aromatic nitrogens is 5. The molecule has 0 saturated carbocycles. The molecule has 0 saturated heterocycles. The summed E-state index contributed by atoms with van der Waals surface area (Å²) in [4.78, 5) is 12.5. The van der Waals surface area contributed by atoms with Crippen LogP contribution in [0, 0.1) is 6.92 Å². The summed E-state index contributed by atoms with van der Waals surface area (Å²) in [6, 6.07) is 5.22. The molecule has 0 spiro atoms. The maximum Gasteiger partial charge on any atom is 0.387 e. The van der Waals surface area contributed by atoms with Crippen molar-refractivity contribution in [2.45, 2.75) is 18.4 Å². The van der Waals surface area contributed by atoms with Gasteiger partial charge in [-0.25, -0.2) is 28.1 Å². The highest BCUT2D eigenvalue weighted by atomic mass is 32.2. The number of hydrogen-bond acceptors (Lipinski definition) is 9. The summed E-state index contributed by atoms with van der Waals surface area (Å²) in [5.74, 6) is 0.676. The molecule has 4 rings (SSSR count). The first-order valence-corrected chi connectivity index (χ1v) is 11.3. The van der Waals surface area contributed by atoms with Gasteiger partial charge in [-0.3, -0.25) is 0 Å². The van der Waals surface area contributed by atoms with Crippen LogP contribution in [0.4, 0.5) is 20.4 Å². The Morgan fingerprint density at radius 2 is 1.88 bits per heavy atom. The van der Waals surface area contributed by atoms with E-state index >= 15 is 0 Å². The quantitative estimate of drug-likeness (QED) is 0.428. The summed E-state index contributed by atoms with van der Waals surface area (Å²) in [7, 11) is -2.17. The van der Waals surface area contributed by atoms with Crippen molar-refractivity contribution in [1.29, 1.82) is 0 Å². The Morgan fingerprint density at radius 1 is 1.12 bits per heavy atom. The molecule has 0 unspecified atom stereocenters. The van der Waals surface area contributed by atoms with Crippen molar-refractivity contribution in [3.05, 3.63) is 48.5 Å². The first-order valence-electron chi connectivity index (χ1n) is 9.44. The van der Waals surface area contributed by atoms with Gasteiger partial charge in [0.1, 0.15) is 11.5 Å². The van der Waals surface area contributed by atoms with Crippen LogP contribution in [0.2, 0.25) is 0 Å². The monoisotopic (exact) mass is 476 g/mol. The van der Waals surface area contributed by atoms with Crippen molar-refractivity contribution in [2.75, 3.05) is 18.7 Å². The zero-order valence-electron chi connectivity index (χ0n) is 17.7. The molecule has 172 valence electrons. The molecule has 0 aliphatic rings. The molecule has 0 fully saturated rings. The topological polar surface area (TPSA) is 121 Å². The van der Waals surface area contributed by atoms with E-state index in [0.717, 1.165) is 6.26 Å². The summed E-state index contributed by atoms with van der Waals surface area (Å²) >= 11 is 0. The van der Waals surface area contributed by atoms with Crippen LogP contribution in [-0.4, -0.2) is 53.1 Å². The highest BCUT2D eigenvalue weighted by molar-refractivity contribution is 7.90. The second-order valence-corrected chi connectivity index (χ2v) is 8.92. The number of nitrogens with one attached hydrogen (secondary N) is 1. The van der Waals surface area contributed by atoms with Gasteiger partial charge in [0, 0.05) is 36.3 Å². The number of halogens is 2. The third-order valence-electron chi connectivity index (χ3n) is 4.66. The Balaban J connectivity index is 1.88.